The molecule has 0 aliphatic heterocycles. The number of aliphatic hydroxyl groups excluding tert-OH is 1. The summed E-state index contributed by atoms with van der Waals surface area (Å²) < 4.78 is 0. The summed E-state index contributed by atoms with van der Waals surface area (Å²) in [7, 11) is 0. The fraction of sp³-hybridized carbons (Fsp3) is 0.125. The third-order valence-electron chi connectivity index (χ3n) is 3.78. The molecule has 0 spiro atoms. The average Bonchev–Trinajstić information content (AvgIpc) is 3.26. The Balaban J connectivity index is 1.72. The van der Waals surface area contributed by atoms with Crippen LogP contribution >= 0.6 is 0 Å². The van der Waals surface area contributed by atoms with E-state index in [0.717, 1.165) is 22.3 Å². The van der Waals surface area contributed by atoms with Crippen molar-refractivity contribution in [3.05, 3.63) is 42.2 Å². The molecule has 3 heterocycles. The Morgan fingerprint density at radius 2 is 2.04 bits per heavy atom. The molecule has 0 radical (unpaired) electrons. The number of fused-ring (bicyclic) bond motifs is 1. The van der Waals surface area contributed by atoms with Gasteiger partial charge in [-0.15, -0.1) is 0 Å². The smallest absolute Gasteiger partial charge is 0.222 e. The molecule has 0 amide bonds. The lowest BCUT2D eigenvalue weighted by Gasteiger charge is -2.08. The predicted molar refractivity (Wildman–Crippen MR) is 94.2 cm³/mol. The van der Waals surface area contributed by atoms with Crippen LogP contribution in [0.3, 0.4) is 0 Å². The molecule has 0 fully saturated rings. The second-order valence-electron chi connectivity index (χ2n) is 5.51. The van der Waals surface area contributed by atoms with Crippen LogP contribution in [0, 0.1) is 0 Å². The van der Waals surface area contributed by atoms with Crippen molar-refractivity contribution in [2.24, 2.45) is 0 Å². The van der Waals surface area contributed by atoms with Gasteiger partial charge in [0.15, 0.2) is 5.82 Å². The summed E-state index contributed by atoms with van der Waals surface area (Å²) in [5.74, 6) is 1.34. The van der Waals surface area contributed by atoms with Crippen LogP contribution in [0.2, 0.25) is 0 Å². The molecule has 0 aliphatic rings. The highest BCUT2D eigenvalue weighted by Crippen LogP contribution is 2.28. The highest BCUT2D eigenvalue weighted by Gasteiger charge is 2.10. The number of hydrogen-bond acceptors (Lipinski definition) is 7. The van der Waals surface area contributed by atoms with Gasteiger partial charge in [-0.25, -0.2) is 4.98 Å². The van der Waals surface area contributed by atoms with E-state index in [4.69, 9.17) is 10.8 Å². The zero-order valence-electron chi connectivity index (χ0n) is 13.2. The molecule has 126 valence electrons. The minimum absolute atomic E-state index is 0.0569. The fourth-order valence-corrected chi connectivity index (χ4v) is 2.62. The Labute approximate surface area is 142 Å². The van der Waals surface area contributed by atoms with E-state index < -0.39 is 0 Å². The molecular formula is C16H16N8O. The molecule has 1 aromatic carbocycles. The molecule has 0 unspecified atom stereocenters. The number of anilines is 3. The number of hydrogen-bond donors (Lipinski definition) is 5. The highest BCUT2D eigenvalue weighted by atomic mass is 16.3. The van der Waals surface area contributed by atoms with Gasteiger partial charge in [-0.3, -0.25) is 10.2 Å². The maximum atomic E-state index is 8.99. The molecule has 0 saturated carbocycles. The normalized spacial score (nSPS) is 11.1. The van der Waals surface area contributed by atoms with E-state index in [0.29, 0.717) is 23.6 Å². The summed E-state index contributed by atoms with van der Waals surface area (Å²) in [5, 5.41) is 26.9. The molecule has 4 aromatic rings. The topological polar surface area (TPSA) is 141 Å². The van der Waals surface area contributed by atoms with Crippen LogP contribution in [-0.2, 0) is 6.42 Å². The highest BCUT2D eigenvalue weighted by molar-refractivity contribution is 5.93. The number of aromatic nitrogens is 6. The molecule has 0 atom stereocenters. The van der Waals surface area contributed by atoms with E-state index in [-0.39, 0.29) is 12.6 Å². The number of H-pyrrole nitrogens is 2. The van der Waals surface area contributed by atoms with Gasteiger partial charge in [0.2, 0.25) is 5.95 Å². The number of nitrogens with one attached hydrogen (secondary N) is 3. The van der Waals surface area contributed by atoms with E-state index in [9.17, 15) is 0 Å². The lowest BCUT2D eigenvalue weighted by Crippen LogP contribution is -2.01. The fourth-order valence-electron chi connectivity index (χ4n) is 2.62. The summed E-state index contributed by atoms with van der Waals surface area (Å²) >= 11 is 0. The van der Waals surface area contributed by atoms with Crippen molar-refractivity contribution in [2.75, 3.05) is 17.7 Å². The largest absolute Gasteiger partial charge is 0.396 e. The van der Waals surface area contributed by atoms with Crippen molar-refractivity contribution in [2.45, 2.75) is 6.42 Å². The van der Waals surface area contributed by atoms with Crippen molar-refractivity contribution in [1.29, 1.82) is 0 Å². The van der Waals surface area contributed by atoms with Crippen molar-refractivity contribution >= 4 is 28.5 Å². The Morgan fingerprint density at radius 1 is 1.12 bits per heavy atom. The molecule has 9 heteroatoms. The maximum absolute atomic E-state index is 8.99. The maximum Gasteiger partial charge on any atom is 0.222 e. The lowest BCUT2D eigenvalue weighted by atomic mass is 10.1. The van der Waals surface area contributed by atoms with Gasteiger partial charge >= 0.3 is 0 Å². The third-order valence-corrected chi connectivity index (χ3v) is 3.78. The van der Waals surface area contributed by atoms with Gasteiger partial charge in [-0.1, -0.05) is 6.07 Å². The van der Waals surface area contributed by atoms with E-state index in [2.05, 4.69) is 35.7 Å². The molecule has 0 saturated heterocycles. The first kappa shape index (κ1) is 15.1. The summed E-state index contributed by atoms with van der Waals surface area (Å²) in [5.41, 5.74) is 9.26. The molecule has 0 aliphatic carbocycles. The van der Waals surface area contributed by atoms with Gasteiger partial charge < -0.3 is 16.2 Å². The van der Waals surface area contributed by atoms with E-state index in [1.807, 2.05) is 30.3 Å². The predicted octanol–water partition coefficient (Wildman–Crippen LogP) is 1.60. The number of nitrogens with zero attached hydrogens (tertiary/aromatic N) is 4. The van der Waals surface area contributed by atoms with Crippen LogP contribution in [0.25, 0.3) is 22.2 Å². The molecule has 3 aromatic heterocycles. The van der Waals surface area contributed by atoms with E-state index >= 15 is 0 Å². The molecule has 9 nitrogen and oxygen atoms in total. The molecule has 0 bridgehead atoms. The summed E-state index contributed by atoms with van der Waals surface area (Å²) in [6.07, 6.45) is 2.21. The summed E-state index contributed by atoms with van der Waals surface area (Å²) in [4.78, 5) is 8.59. The zero-order chi connectivity index (χ0) is 17.2. The van der Waals surface area contributed by atoms with Crippen LogP contribution in [-0.4, -0.2) is 42.1 Å². The van der Waals surface area contributed by atoms with Crippen molar-refractivity contribution in [3.8, 4) is 11.3 Å². The van der Waals surface area contributed by atoms with Gasteiger partial charge in [0.25, 0.3) is 0 Å². The number of nitrogen functional groups attached to an aromatic ring is 1. The van der Waals surface area contributed by atoms with Crippen LogP contribution in [0.5, 0.6) is 0 Å². The Hall–Kier alpha value is -3.46. The molecular weight excluding hydrogens is 320 g/mol. The number of rotatable bonds is 5. The second kappa shape index (κ2) is 6.21. The van der Waals surface area contributed by atoms with E-state index in [1.54, 1.807) is 6.20 Å². The summed E-state index contributed by atoms with van der Waals surface area (Å²) in [6, 6.07) is 9.52. The zero-order valence-corrected chi connectivity index (χ0v) is 13.2. The molecule has 6 N–H and O–H groups in total. The van der Waals surface area contributed by atoms with Crippen LogP contribution < -0.4 is 11.1 Å². The molecule has 4 rings (SSSR count). The van der Waals surface area contributed by atoms with Crippen molar-refractivity contribution in [1.82, 2.24) is 30.4 Å². The average molecular weight is 336 g/mol. The van der Waals surface area contributed by atoms with Crippen molar-refractivity contribution in [3.63, 3.8) is 0 Å². The van der Waals surface area contributed by atoms with Gasteiger partial charge in [0.1, 0.15) is 5.82 Å². The number of benzene rings is 1. The summed E-state index contributed by atoms with van der Waals surface area (Å²) in [6.45, 7) is 0.0569. The minimum Gasteiger partial charge on any atom is -0.396 e. The Morgan fingerprint density at radius 3 is 2.84 bits per heavy atom. The van der Waals surface area contributed by atoms with Gasteiger partial charge in [0, 0.05) is 41.9 Å². The Kier molecular flexibility index (Phi) is 3.75. The van der Waals surface area contributed by atoms with Crippen LogP contribution in [0.15, 0.2) is 36.5 Å². The van der Waals surface area contributed by atoms with Gasteiger partial charge in [-0.2, -0.15) is 15.2 Å². The third kappa shape index (κ3) is 3.00. The number of nitrogens with two attached hydrogens (primary N) is 1. The van der Waals surface area contributed by atoms with Crippen LogP contribution in [0.4, 0.5) is 17.6 Å². The first-order valence-electron chi connectivity index (χ1n) is 7.72. The molecule has 25 heavy (non-hydrogen) atoms. The first-order valence-corrected chi connectivity index (χ1v) is 7.72. The van der Waals surface area contributed by atoms with E-state index in [1.165, 1.54) is 0 Å². The first-order chi connectivity index (χ1) is 12.2. The number of aromatic amines is 2. The standard InChI is InChI=1S/C16H16N8O/c17-16-19-13-7-9(12-3-5-18-23-12)1-2-11(13)15(21-16)20-14-8-10(4-6-25)22-24-14/h1-3,5,7-8,25H,4,6H2,(H,18,23)(H4,17,19,20,21,22,24). The SMILES string of the molecule is Nc1nc(Nc2cc(CCO)[nH]n2)c2ccc(-c3ccn[nH]3)cc2n1. The second-order valence-corrected chi connectivity index (χ2v) is 5.51. The lowest BCUT2D eigenvalue weighted by molar-refractivity contribution is 0.298. The quantitative estimate of drug-likeness (QED) is 0.372. The monoisotopic (exact) mass is 336 g/mol. The minimum atomic E-state index is 0.0569. The Bertz CT molecular complexity index is 1010. The number of aliphatic hydroxyl groups is 1. The van der Waals surface area contributed by atoms with Crippen molar-refractivity contribution < 1.29 is 5.11 Å². The van der Waals surface area contributed by atoms with Gasteiger partial charge in [-0.05, 0) is 18.2 Å². The van der Waals surface area contributed by atoms with Gasteiger partial charge in [0.05, 0.1) is 11.2 Å². The van der Waals surface area contributed by atoms with Crippen LogP contribution in [0.1, 0.15) is 5.69 Å².